The normalized spacial score (nSPS) is 13.9. The van der Waals surface area contributed by atoms with E-state index in [-0.39, 0.29) is 0 Å². The molecule has 0 unspecified atom stereocenters. The van der Waals surface area contributed by atoms with E-state index in [0.717, 1.165) is 55.5 Å². The maximum absolute atomic E-state index is 5.28. The van der Waals surface area contributed by atoms with Crippen molar-refractivity contribution in [2.45, 2.75) is 32.6 Å². The lowest BCUT2D eigenvalue weighted by Crippen LogP contribution is -2.19. The molecule has 0 atom stereocenters. The van der Waals surface area contributed by atoms with Crippen LogP contribution in [0.2, 0.25) is 0 Å². The minimum atomic E-state index is 0.576. The Kier molecular flexibility index (Phi) is 5.27. The maximum atomic E-state index is 5.28. The minimum Gasteiger partial charge on any atom is -0.370 e. The van der Waals surface area contributed by atoms with Gasteiger partial charge >= 0.3 is 0 Å². The van der Waals surface area contributed by atoms with Crippen molar-refractivity contribution in [2.75, 3.05) is 29.9 Å². The topological polar surface area (TPSA) is 80.0 Å². The highest BCUT2D eigenvalue weighted by Gasteiger charge is 2.14. The lowest BCUT2D eigenvalue weighted by molar-refractivity contribution is 0.423. The number of aromatic nitrogens is 4. The van der Waals surface area contributed by atoms with Crippen molar-refractivity contribution < 1.29 is 4.52 Å². The van der Waals surface area contributed by atoms with Crippen LogP contribution in [0.3, 0.4) is 0 Å². The average Bonchev–Trinajstić information content (AvgIpc) is 3.41. The van der Waals surface area contributed by atoms with Crippen molar-refractivity contribution in [2.24, 2.45) is 0 Å². The maximum Gasteiger partial charge on any atom is 0.257 e. The molecular formula is C20H24N6O. The first-order valence-electron chi connectivity index (χ1n) is 9.54. The molecule has 0 radical (unpaired) electrons. The van der Waals surface area contributed by atoms with E-state index in [9.17, 15) is 0 Å². The summed E-state index contributed by atoms with van der Waals surface area (Å²) in [5.41, 5.74) is 2.19. The van der Waals surface area contributed by atoms with Gasteiger partial charge in [0.1, 0.15) is 18.0 Å². The van der Waals surface area contributed by atoms with E-state index in [1.165, 1.54) is 18.4 Å². The molecule has 1 aliphatic heterocycles. The van der Waals surface area contributed by atoms with Crippen LogP contribution in [0.5, 0.6) is 0 Å². The average molecular weight is 364 g/mol. The Balaban J connectivity index is 1.32. The van der Waals surface area contributed by atoms with Crippen LogP contribution in [-0.4, -0.2) is 39.7 Å². The van der Waals surface area contributed by atoms with Gasteiger partial charge in [0.15, 0.2) is 5.82 Å². The Morgan fingerprint density at radius 1 is 1.11 bits per heavy atom. The summed E-state index contributed by atoms with van der Waals surface area (Å²) in [5.74, 6) is 3.20. The highest BCUT2D eigenvalue weighted by atomic mass is 16.5. The van der Waals surface area contributed by atoms with Crippen LogP contribution in [0, 0.1) is 0 Å². The van der Waals surface area contributed by atoms with E-state index >= 15 is 0 Å². The number of hydrogen-bond donors (Lipinski definition) is 1. The van der Waals surface area contributed by atoms with Crippen LogP contribution in [0.1, 0.15) is 31.2 Å². The van der Waals surface area contributed by atoms with Gasteiger partial charge in [-0.3, -0.25) is 0 Å². The van der Waals surface area contributed by atoms with Gasteiger partial charge in [0.2, 0.25) is 0 Å². The SMILES string of the molecule is CCc1noc(-c2ccc(CCNc3cc(N4CCCC4)ncn3)cc2)n1. The second-order valence-corrected chi connectivity index (χ2v) is 6.70. The molecule has 0 amide bonds. The molecule has 0 bridgehead atoms. The first-order chi connectivity index (χ1) is 13.3. The fraction of sp³-hybridized carbons (Fsp3) is 0.400. The Morgan fingerprint density at radius 2 is 1.93 bits per heavy atom. The van der Waals surface area contributed by atoms with E-state index in [0.29, 0.717) is 5.89 Å². The molecular weight excluding hydrogens is 340 g/mol. The number of nitrogens with zero attached hydrogens (tertiary/aromatic N) is 5. The fourth-order valence-electron chi connectivity index (χ4n) is 3.23. The van der Waals surface area contributed by atoms with Crippen molar-refractivity contribution in [1.82, 2.24) is 20.1 Å². The number of nitrogens with one attached hydrogen (secondary N) is 1. The van der Waals surface area contributed by atoms with Crippen LogP contribution >= 0.6 is 0 Å². The van der Waals surface area contributed by atoms with E-state index in [4.69, 9.17) is 4.52 Å². The molecule has 7 nitrogen and oxygen atoms in total. The standard InChI is InChI=1S/C20H24N6O/c1-2-17-24-20(27-25-17)16-7-5-15(6-8-16)9-10-21-18-13-19(23-14-22-18)26-11-3-4-12-26/h5-8,13-14H,2-4,9-12H2,1H3,(H,21,22,23). The van der Waals surface area contributed by atoms with Crippen molar-refractivity contribution in [3.8, 4) is 11.5 Å². The van der Waals surface area contributed by atoms with E-state index in [2.05, 4.69) is 42.5 Å². The van der Waals surface area contributed by atoms with Crippen LogP contribution in [-0.2, 0) is 12.8 Å². The minimum absolute atomic E-state index is 0.576. The molecule has 3 aromatic rings. The molecule has 2 aromatic heterocycles. The van der Waals surface area contributed by atoms with Gasteiger partial charge in [-0.15, -0.1) is 0 Å². The van der Waals surface area contributed by atoms with Crippen LogP contribution in [0.25, 0.3) is 11.5 Å². The highest BCUT2D eigenvalue weighted by Crippen LogP contribution is 2.20. The largest absolute Gasteiger partial charge is 0.370 e. The first-order valence-corrected chi connectivity index (χ1v) is 9.54. The van der Waals surface area contributed by atoms with Gasteiger partial charge < -0.3 is 14.7 Å². The first kappa shape index (κ1) is 17.5. The van der Waals surface area contributed by atoms with Gasteiger partial charge in [-0.25, -0.2) is 9.97 Å². The molecule has 4 rings (SSSR count). The Labute approximate surface area is 158 Å². The third kappa shape index (κ3) is 4.24. The molecule has 1 aliphatic rings. The van der Waals surface area contributed by atoms with Crippen molar-refractivity contribution in [3.63, 3.8) is 0 Å². The molecule has 27 heavy (non-hydrogen) atoms. The molecule has 7 heteroatoms. The Hall–Kier alpha value is -2.96. The van der Waals surface area contributed by atoms with Gasteiger partial charge in [-0.2, -0.15) is 4.98 Å². The van der Waals surface area contributed by atoms with Gasteiger partial charge in [-0.05, 0) is 37.0 Å². The molecule has 1 fully saturated rings. The zero-order chi connectivity index (χ0) is 18.5. The van der Waals surface area contributed by atoms with Gasteiger partial charge in [0, 0.05) is 37.7 Å². The smallest absolute Gasteiger partial charge is 0.257 e. The predicted molar refractivity (Wildman–Crippen MR) is 105 cm³/mol. The molecule has 0 saturated carbocycles. The summed E-state index contributed by atoms with van der Waals surface area (Å²) in [5, 5.41) is 7.34. The van der Waals surface area contributed by atoms with Gasteiger partial charge in [0.05, 0.1) is 0 Å². The fourth-order valence-corrected chi connectivity index (χ4v) is 3.23. The van der Waals surface area contributed by atoms with Crippen molar-refractivity contribution >= 4 is 11.6 Å². The number of anilines is 2. The van der Waals surface area contributed by atoms with Crippen molar-refractivity contribution in [3.05, 3.63) is 48.0 Å². The molecule has 1 aromatic carbocycles. The Bertz CT molecular complexity index is 870. The zero-order valence-corrected chi connectivity index (χ0v) is 15.6. The summed E-state index contributed by atoms with van der Waals surface area (Å²) in [6.07, 6.45) is 5.81. The number of aryl methyl sites for hydroxylation is 1. The van der Waals surface area contributed by atoms with Gasteiger partial charge in [0.25, 0.3) is 5.89 Å². The third-order valence-corrected chi connectivity index (χ3v) is 4.79. The lowest BCUT2D eigenvalue weighted by atomic mass is 10.1. The van der Waals surface area contributed by atoms with Crippen LogP contribution in [0.4, 0.5) is 11.6 Å². The summed E-state index contributed by atoms with van der Waals surface area (Å²) in [6.45, 7) is 5.00. The second kappa shape index (κ2) is 8.16. The Morgan fingerprint density at radius 3 is 2.67 bits per heavy atom. The third-order valence-electron chi connectivity index (χ3n) is 4.79. The zero-order valence-electron chi connectivity index (χ0n) is 15.6. The summed E-state index contributed by atoms with van der Waals surface area (Å²) < 4.78 is 5.28. The van der Waals surface area contributed by atoms with E-state index in [1.807, 2.05) is 25.1 Å². The summed E-state index contributed by atoms with van der Waals surface area (Å²) >= 11 is 0. The van der Waals surface area contributed by atoms with E-state index < -0.39 is 0 Å². The molecule has 3 heterocycles. The monoisotopic (exact) mass is 364 g/mol. The highest BCUT2D eigenvalue weighted by molar-refractivity contribution is 5.53. The molecule has 1 N–H and O–H groups in total. The number of rotatable bonds is 7. The van der Waals surface area contributed by atoms with Gasteiger partial charge in [-0.1, -0.05) is 24.2 Å². The quantitative estimate of drug-likeness (QED) is 0.688. The van der Waals surface area contributed by atoms with Crippen molar-refractivity contribution in [1.29, 1.82) is 0 Å². The van der Waals surface area contributed by atoms with Crippen LogP contribution < -0.4 is 10.2 Å². The summed E-state index contributed by atoms with van der Waals surface area (Å²) in [7, 11) is 0. The molecule has 0 spiro atoms. The number of benzene rings is 1. The summed E-state index contributed by atoms with van der Waals surface area (Å²) in [6, 6.07) is 10.3. The molecule has 0 aliphatic carbocycles. The number of hydrogen-bond acceptors (Lipinski definition) is 7. The molecule has 140 valence electrons. The second-order valence-electron chi connectivity index (χ2n) is 6.70. The molecule has 1 saturated heterocycles. The van der Waals surface area contributed by atoms with Crippen LogP contribution in [0.15, 0.2) is 41.2 Å². The van der Waals surface area contributed by atoms with E-state index in [1.54, 1.807) is 6.33 Å². The predicted octanol–water partition coefficient (Wildman–Crippen LogP) is 3.34. The summed E-state index contributed by atoms with van der Waals surface area (Å²) in [4.78, 5) is 15.4. The lowest BCUT2D eigenvalue weighted by Gasteiger charge is -2.16.